The number of nitrogens with two attached hydrogens (primary N) is 1. The van der Waals surface area contributed by atoms with Crippen molar-refractivity contribution in [2.45, 2.75) is 26.3 Å². The van der Waals surface area contributed by atoms with Crippen LogP contribution in [0.3, 0.4) is 0 Å². The second-order valence-electron chi connectivity index (χ2n) is 4.65. The van der Waals surface area contributed by atoms with E-state index in [1.165, 1.54) is 0 Å². The lowest BCUT2D eigenvalue weighted by atomic mass is 9.98. The third-order valence-electron chi connectivity index (χ3n) is 3.12. The van der Waals surface area contributed by atoms with Crippen molar-refractivity contribution in [2.24, 2.45) is 5.92 Å². The van der Waals surface area contributed by atoms with Gasteiger partial charge in [0.15, 0.2) is 0 Å². The summed E-state index contributed by atoms with van der Waals surface area (Å²) in [5.74, 6) is 0.811. The van der Waals surface area contributed by atoms with Crippen LogP contribution in [0.25, 0.3) is 0 Å². The first-order chi connectivity index (χ1) is 7.65. The summed E-state index contributed by atoms with van der Waals surface area (Å²) in [7, 11) is 0. The summed E-state index contributed by atoms with van der Waals surface area (Å²) in [6.07, 6.45) is 1.80. The molecular weight excluding hydrogens is 200 g/mol. The Morgan fingerprint density at radius 3 is 2.69 bits per heavy atom. The van der Waals surface area contributed by atoms with Gasteiger partial charge in [0.05, 0.1) is 0 Å². The van der Waals surface area contributed by atoms with Crippen LogP contribution in [-0.4, -0.2) is 17.4 Å². The van der Waals surface area contributed by atoms with Crippen molar-refractivity contribution in [2.75, 3.05) is 12.3 Å². The average Bonchev–Trinajstić information content (AvgIpc) is 2.25. The lowest BCUT2D eigenvalue weighted by molar-refractivity contribution is -0.135. The molecule has 1 aliphatic rings. The number of hydrogen-bond acceptors (Lipinski definition) is 2. The van der Waals surface area contributed by atoms with Gasteiger partial charge in [-0.05, 0) is 30.0 Å². The smallest absolute Gasteiger partial charge is 0.223 e. The van der Waals surface area contributed by atoms with Crippen LogP contribution in [0.5, 0.6) is 0 Å². The number of nitrogens with zero attached hydrogens (tertiary/aromatic N) is 1. The molecule has 3 nitrogen and oxygen atoms in total. The van der Waals surface area contributed by atoms with Crippen LogP contribution in [0, 0.1) is 5.92 Å². The summed E-state index contributed by atoms with van der Waals surface area (Å²) in [5.41, 5.74) is 7.54. The quantitative estimate of drug-likeness (QED) is 0.772. The minimum absolute atomic E-state index is 0.274. The molecule has 1 amide bonds. The van der Waals surface area contributed by atoms with Crippen LogP contribution >= 0.6 is 0 Å². The first kappa shape index (κ1) is 11.0. The average molecular weight is 218 g/mol. The molecule has 0 saturated carbocycles. The number of rotatable bonds is 2. The summed E-state index contributed by atoms with van der Waals surface area (Å²) < 4.78 is 0. The van der Waals surface area contributed by atoms with Gasteiger partial charge in [0.2, 0.25) is 5.91 Å². The summed E-state index contributed by atoms with van der Waals surface area (Å²) in [4.78, 5) is 13.7. The van der Waals surface area contributed by atoms with Crippen LogP contribution in [0.2, 0.25) is 0 Å². The van der Waals surface area contributed by atoms with E-state index < -0.39 is 0 Å². The maximum Gasteiger partial charge on any atom is 0.223 e. The molecular formula is C13H18N2O. The third kappa shape index (κ3) is 2.54. The molecule has 1 saturated heterocycles. The number of benzene rings is 1. The van der Waals surface area contributed by atoms with Crippen molar-refractivity contribution in [3.63, 3.8) is 0 Å². The van der Waals surface area contributed by atoms with Crippen molar-refractivity contribution in [1.29, 1.82) is 0 Å². The van der Waals surface area contributed by atoms with Gasteiger partial charge in [-0.15, -0.1) is 0 Å². The zero-order valence-corrected chi connectivity index (χ0v) is 9.65. The van der Waals surface area contributed by atoms with Crippen molar-refractivity contribution >= 4 is 11.6 Å². The van der Waals surface area contributed by atoms with E-state index in [1.807, 2.05) is 29.2 Å². The van der Waals surface area contributed by atoms with Crippen molar-refractivity contribution in [3.8, 4) is 0 Å². The second-order valence-corrected chi connectivity index (χ2v) is 4.65. The molecule has 1 heterocycles. The molecule has 1 unspecified atom stereocenters. The number of anilines is 1. The molecule has 0 aromatic heterocycles. The number of likely N-dealkylation sites (tertiary alicyclic amines) is 1. The number of carbonyl (C=O) groups excluding carboxylic acids is 1. The number of carbonyl (C=O) groups is 1. The van der Waals surface area contributed by atoms with Gasteiger partial charge < -0.3 is 10.6 Å². The monoisotopic (exact) mass is 218 g/mol. The minimum Gasteiger partial charge on any atom is -0.399 e. The molecule has 2 rings (SSSR count). The molecule has 0 radical (unpaired) electrons. The van der Waals surface area contributed by atoms with E-state index in [9.17, 15) is 4.79 Å². The van der Waals surface area contributed by atoms with Gasteiger partial charge in [0.1, 0.15) is 0 Å². The Balaban J connectivity index is 1.99. The fraction of sp³-hybridized carbons (Fsp3) is 0.462. The Hall–Kier alpha value is -1.51. The van der Waals surface area contributed by atoms with E-state index >= 15 is 0 Å². The van der Waals surface area contributed by atoms with E-state index in [0.29, 0.717) is 18.9 Å². The molecule has 0 aliphatic carbocycles. The fourth-order valence-electron chi connectivity index (χ4n) is 2.04. The number of piperidine rings is 1. The lowest BCUT2D eigenvalue weighted by Gasteiger charge is -2.30. The van der Waals surface area contributed by atoms with Crippen molar-refractivity contribution in [1.82, 2.24) is 4.90 Å². The Morgan fingerprint density at radius 2 is 2.06 bits per heavy atom. The van der Waals surface area contributed by atoms with Gasteiger partial charge in [-0.3, -0.25) is 4.79 Å². The van der Waals surface area contributed by atoms with Gasteiger partial charge in [0, 0.05) is 25.2 Å². The topological polar surface area (TPSA) is 46.3 Å². The zero-order chi connectivity index (χ0) is 11.5. The lowest BCUT2D eigenvalue weighted by Crippen LogP contribution is -2.37. The van der Waals surface area contributed by atoms with Crippen molar-refractivity contribution in [3.05, 3.63) is 29.8 Å². The largest absolute Gasteiger partial charge is 0.399 e. The standard InChI is InChI=1S/C13H18N2O/c1-10-6-7-15(13(16)8-10)9-11-2-4-12(14)5-3-11/h2-5,10H,6-9,14H2,1H3. The highest BCUT2D eigenvalue weighted by atomic mass is 16.2. The number of hydrogen-bond donors (Lipinski definition) is 1. The molecule has 2 N–H and O–H groups in total. The van der Waals surface area contributed by atoms with E-state index in [2.05, 4.69) is 6.92 Å². The molecule has 0 spiro atoms. The Bertz CT molecular complexity index is 372. The first-order valence-corrected chi connectivity index (χ1v) is 5.77. The highest BCUT2D eigenvalue weighted by molar-refractivity contribution is 5.77. The van der Waals surface area contributed by atoms with Crippen LogP contribution in [0.15, 0.2) is 24.3 Å². The van der Waals surface area contributed by atoms with Crippen LogP contribution in [-0.2, 0) is 11.3 Å². The van der Waals surface area contributed by atoms with Gasteiger partial charge in [-0.25, -0.2) is 0 Å². The normalized spacial score (nSPS) is 21.2. The fourth-order valence-corrected chi connectivity index (χ4v) is 2.04. The molecule has 1 atom stereocenters. The van der Waals surface area contributed by atoms with Crippen LogP contribution in [0.4, 0.5) is 5.69 Å². The van der Waals surface area contributed by atoms with E-state index in [1.54, 1.807) is 0 Å². The van der Waals surface area contributed by atoms with Crippen molar-refractivity contribution < 1.29 is 4.79 Å². The third-order valence-corrected chi connectivity index (χ3v) is 3.12. The van der Waals surface area contributed by atoms with Gasteiger partial charge >= 0.3 is 0 Å². The predicted octanol–water partition coefficient (Wildman–Crippen LogP) is 2.03. The Morgan fingerprint density at radius 1 is 1.38 bits per heavy atom. The van der Waals surface area contributed by atoms with E-state index in [4.69, 9.17) is 5.73 Å². The van der Waals surface area contributed by atoms with Crippen LogP contribution < -0.4 is 5.73 Å². The number of nitrogen functional groups attached to an aromatic ring is 1. The highest BCUT2D eigenvalue weighted by Crippen LogP contribution is 2.19. The summed E-state index contributed by atoms with van der Waals surface area (Å²) in [6.45, 7) is 3.73. The molecule has 0 bridgehead atoms. The second kappa shape index (κ2) is 4.56. The van der Waals surface area contributed by atoms with Crippen LogP contribution in [0.1, 0.15) is 25.3 Å². The molecule has 1 aromatic carbocycles. The van der Waals surface area contributed by atoms with Gasteiger partial charge in [-0.2, -0.15) is 0 Å². The summed E-state index contributed by atoms with van der Waals surface area (Å²) in [6, 6.07) is 7.74. The Labute approximate surface area is 96.2 Å². The molecule has 1 aromatic rings. The number of amides is 1. The maximum absolute atomic E-state index is 11.8. The Kier molecular flexibility index (Phi) is 3.13. The maximum atomic E-state index is 11.8. The molecule has 86 valence electrons. The molecule has 1 fully saturated rings. The summed E-state index contributed by atoms with van der Waals surface area (Å²) >= 11 is 0. The predicted molar refractivity (Wildman–Crippen MR) is 64.7 cm³/mol. The first-order valence-electron chi connectivity index (χ1n) is 5.77. The van der Waals surface area contributed by atoms with Gasteiger partial charge in [0.25, 0.3) is 0 Å². The van der Waals surface area contributed by atoms with Gasteiger partial charge in [-0.1, -0.05) is 19.1 Å². The van der Waals surface area contributed by atoms with E-state index in [-0.39, 0.29) is 5.91 Å². The minimum atomic E-state index is 0.274. The van der Waals surface area contributed by atoms with E-state index in [0.717, 1.165) is 24.2 Å². The molecule has 3 heteroatoms. The molecule has 16 heavy (non-hydrogen) atoms. The molecule has 1 aliphatic heterocycles. The SMILES string of the molecule is CC1CCN(Cc2ccc(N)cc2)C(=O)C1. The summed E-state index contributed by atoms with van der Waals surface area (Å²) in [5, 5.41) is 0. The zero-order valence-electron chi connectivity index (χ0n) is 9.65. The highest BCUT2D eigenvalue weighted by Gasteiger charge is 2.22.